The quantitative estimate of drug-likeness (QED) is 0.811. The summed E-state index contributed by atoms with van der Waals surface area (Å²) in [5.41, 5.74) is 0.639. The molecule has 0 aliphatic carbocycles. The van der Waals surface area contributed by atoms with Crippen LogP contribution in [0.25, 0.3) is 0 Å². The van der Waals surface area contributed by atoms with E-state index < -0.39 is 6.09 Å². The average Bonchev–Trinajstić information content (AvgIpc) is 2.81. The predicted octanol–water partition coefficient (Wildman–Crippen LogP) is 2.66. The van der Waals surface area contributed by atoms with E-state index in [9.17, 15) is 9.59 Å². The molecule has 0 aliphatic rings. The van der Waals surface area contributed by atoms with Gasteiger partial charge in [-0.3, -0.25) is 10.1 Å². The molecule has 0 radical (unpaired) electrons. The second kappa shape index (κ2) is 8.61. The maximum Gasteiger partial charge on any atom is 0.413 e. The van der Waals surface area contributed by atoms with Crippen molar-refractivity contribution in [1.82, 2.24) is 10.3 Å². The van der Waals surface area contributed by atoms with Crippen LogP contribution < -0.4 is 10.6 Å². The number of aromatic nitrogens is 1. The second-order valence-electron chi connectivity index (χ2n) is 5.64. The van der Waals surface area contributed by atoms with Crippen molar-refractivity contribution in [1.29, 1.82) is 0 Å². The molecule has 0 bridgehead atoms. The van der Waals surface area contributed by atoms with Crippen molar-refractivity contribution < 1.29 is 14.3 Å². The van der Waals surface area contributed by atoms with Gasteiger partial charge in [0.25, 0.3) is 0 Å². The molecular formula is C14H23N3O3S. The van der Waals surface area contributed by atoms with Gasteiger partial charge in [-0.15, -0.1) is 11.3 Å². The zero-order chi connectivity index (χ0) is 15.8. The number of hydrogen-bond acceptors (Lipinski definition) is 5. The predicted molar refractivity (Wildman–Crippen MR) is 83.5 cm³/mol. The second-order valence-corrected chi connectivity index (χ2v) is 6.49. The first-order valence-corrected chi connectivity index (χ1v) is 7.89. The van der Waals surface area contributed by atoms with Gasteiger partial charge in [-0.1, -0.05) is 27.7 Å². The lowest BCUT2D eigenvalue weighted by Crippen LogP contribution is -2.28. The summed E-state index contributed by atoms with van der Waals surface area (Å²) in [7, 11) is 0. The zero-order valence-electron chi connectivity index (χ0n) is 12.9. The van der Waals surface area contributed by atoms with Crippen LogP contribution >= 0.6 is 11.3 Å². The average molecular weight is 313 g/mol. The van der Waals surface area contributed by atoms with Gasteiger partial charge in [-0.25, -0.2) is 9.78 Å². The van der Waals surface area contributed by atoms with Gasteiger partial charge >= 0.3 is 6.09 Å². The Morgan fingerprint density at radius 2 is 2.00 bits per heavy atom. The Bertz CT molecular complexity index is 431. The SMILES string of the molecule is CC(C)CNC(=O)Cc1csc(NC(=O)OCC(C)C)n1. The van der Waals surface area contributed by atoms with E-state index >= 15 is 0 Å². The first kappa shape index (κ1) is 17.4. The van der Waals surface area contributed by atoms with Crippen LogP contribution in [0.2, 0.25) is 0 Å². The number of anilines is 1. The van der Waals surface area contributed by atoms with Crippen LogP contribution in [-0.4, -0.2) is 30.1 Å². The minimum absolute atomic E-state index is 0.0667. The number of thiazole rings is 1. The topological polar surface area (TPSA) is 80.3 Å². The summed E-state index contributed by atoms with van der Waals surface area (Å²) in [5, 5.41) is 7.58. The summed E-state index contributed by atoms with van der Waals surface area (Å²) in [6, 6.07) is 0. The fourth-order valence-electron chi connectivity index (χ4n) is 1.36. The molecule has 118 valence electrons. The fraction of sp³-hybridized carbons (Fsp3) is 0.643. The molecule has 1 aromatic heterocycles. The van der Waals surface area contributed by atoms with Crippen LogP contribution in [0.5, 0.6) is 0 Å². The van der Waals surface area contributed by atoms with Gasteiger partial charge in [0.1, 0.15) is 0 Å². The van der Waals surface area contributed by atoms with Crippen LogP contribution in [0.15, 0.2) is 5.38 Å². The maximum absolute atomic E-state index is 11.7. The van der Waals surface area contributed by atoms with Crippen molar-refractivity contribution in [3.63, 3.8) is 0 Å². The largest absolute Gasteiger partial charge is 0.449 e. The summed E-state index contributed by atoms with van der Waals surface area (Å²) in [6.07, 6.45) is -0.305. The number of nitrogens with one attached hydrogen (secondary N) is 2. The minimum atomic E-state index is -0.520. The van der Waals surface area contributed by atoms with E-state index in [4.69, 9.17) is 4.74 Å². The standard InChI is InChI=1S/C14H23N3O3S/c1-9(2)6-15-12(18)5-11-8-21-13(16-11)17-14(19)20-7-10(3)4/h8-10H,5-7H2,1-4H3,(H,15,18)(H,16,17,19). The van der Waals surface area contributed by atoms with Crippen molar-refractivity contribution in [2.45, 2.75) is 34.1 Å². The molecule has 2 amide bonds. The summed E-state index contributed by atoms with van der Waals surface area (Å²) in [4.78, 5) is 27.3. The maximum atomic E-state index is 11.7. The molecule has 6 nitrogen and oxygen atoms in total. The molecular weight excluding hydrogens is 290 g/mol. The highest BCUT2D eigenvalue weighted by Crippen LogP contribution is 2.16. The first-order valence-electron chi connectivity index (χ1n) is 7.01. The van der Waals surface area contributed by atoms with Crippen molar-refractivity contribution in [2.75, 3.05) is 18.5 Å². The lowest BCUT2D eigenvalue weighted by Gasteiger charge is -2.07. The number of hydrogen-bond donors (Lipinski definition) is 2. The van der Waals surface area contributed by atoms with Crippen LogP contribution in [-0.2, 0) is 16.0 Å². The Kier molecular flexibility index (Phi) is 7.14. The van der Waals surface area contributed by atoms with E-state index in [2.05, 4.69) is 15.6 Å². The molecule has 0 spiro atoms. The third kappa shape index (κ3) is 7.65. The van der Waals surface area contributed by atoms with Gasteiger partial charge in [0.2, 0.25) is 5.91 Å². The van der Waals surface area contributed by atoms with Crippen molar-refractivity contribution in [3.05, 3.63) is 11.1 Å². The van der Waals surface area contributed by atoms with E-state index in [0.717, 1.165) is 0 Å². The Hall–Kier alpha value is -1.63. The van der Waals surface area contributed by atoms with E-state index in [1.807, 2.05) is 27.7 Å². The summed E-state index contributed by atoms with van der Waals surface area (Å²) < 4.78 is 5.00. The summed E-state index contributed by atoms with van der Waals surface area (Å²) in [6.45, 7) is 9.01. The number of carbonyl (C=O) groups is 2. The van der Waals surface area contributed by atoms with Gasteiger partial charge in [0, 0.05) is 11.9 Å². The molecule has 0 aromatic carbocycles. The van der Waals surface area contributed by atoms with E-state index in [0.29, 0.717) is 29.9 Å². The van der Waals surface area contributed by atoms with E-state index in [1.54, 1.807) is 5.38 Å². The third-order valence-corrected chi connectivity index (χ3v) is 3.16. The smallest absolute Gasteiger partial charge is 0.413 e. The molecule has 1 aromatic rings. The Morgan fingerprint density at radius 3 is 2.62 bits per heavy atom. The lowest BCUT2D eigenvalue weighted by molar-refractivity contribution is -0.120. The molecule has 0 unspecified atom stereocenters. The highest BCUT2D eigenvalue weighted by molar-refractivity contribution is 7.13. The number of nitrogens with zero attached hydrogens (tertiary/aromatic N) is 1. The lowest BCUT2D eigenvalue weighted by atomic mass is 10.2. The Labute approximate surface area is 129 Å². The molecule has 0 saturated carbocycles. The number of carbonyl (C=O) groups excluding carboxylic acids is 2. The molecule has 0 aliphatic heterocycles. The monoisotopic (exact) mass is 313 g/mol. The molecule has 2 N–H and O–H groups in total. The van der Waals surface area contributed by atoms with Crippen LogP contribution in [0, 0.1) is 11.8 Å². The van der Waals surface area contributed by atoms with E-state index in [-0.39, 0.29) is 18.2 Å². The van der Waals surface area contributed by atoms with Crippen molar-refractivity contribution >= 4 is 28.5 Å². The third-order valence-electron chi connectivity index (χ3n) is 2.36. The minimum Gasteiger partial charge on any atom is -0.449 e. The molecule has 0 saturated heterocycles. The van der Waals surface area contributed by atoms with E-state index in [1.165, 1.54) is 11.3 Å². The van der Waals surface area contributed by atoms with Crippen LogP contribution in [0.4, 0.5) is 9.93 Å². The number of rotatable bonds is 7. The molecule has 21 heavy (non-hydrogen) atoms. The molecule has 1 rings (SSSR count). The van der Waals surface area contributed by atoms with Crippen molar-refractivity contribution in [3.8, 4) is 0 Å². The first-order chi connectivity index (χ1) is 9.86. The van der Waals surface area contributed by atoms with Gasteiger partial charge < -0.3 is 10.1 Å². The summed E-state index contributed by atoms with van der Waals surface area (Å²) >= 11 is 1.28. The number of amides is 2. The molecule has 7 heteroatoms. The number of ether oxygens (including phenoxy) is 1. The highest BCUT2D eigenvalue weighted by Gasteiger charge is 2.11. The van der Waals surface area contributed by atoms with Crippen LogP contribution in [0.3, 0.4) is 0 Å². The van der Waals surface area contributed by atoms with Crippen LogP contribution in [0.1, 0.15) is 33.4 Å². The molecule has 0 fully saturated rings. The van der Waals surface area contributed by atoms with Gasteiger partial charge in [0.15, 0.2) is 5.13 Å². The Morgan fingerprint density at radius 1 is 1.29 bits per heavy atom. The highest BCUT2D eigenvalue weighted by atomic mass is 32.1. The normalized spacial score (nSPS) is 10.8. The summed E-state index contributed by atoms with van der Waals surface area (Å²) in [5.74, 6) is 0.632. The molecule has 1 heterocycles. The molecule has 0 atom stereocenters. The van der Waals surface area contributed by atoms with Gasteiger partial charge in [-0.2, -0.15) is 0 Å². The van der Waals surface area contributed by atoms with Gasteiger partial charge in [-0.05, 0) is 11.8 Å². The van der Waals surface area contributed by atoms with Gasteiger partial charge in [0.05, 0.1) is 18.7 Å². The fourth-order valence-corrected chi connectivity index (χ4v) is 2.05. The van der Waals surface area contributed by atoms with Crippen molar-refractivity contribution in [2.24, 2.45) is 11.8 Å². The zero-order valence-corrected chi connectivity index (χ0v) is 13.8. The Balaban J connectivity index is 2.39.